The molecule has 1 N–H and O–H groups in total. The molecule has 0 radical (unpaired) electrons. The highest BCUT2D eigenvalue weighted by Gasteiger charge is 2.16. The molecule has 0 aliphatic carbocycles. The number of thioether (sulfide) groups is 1. The lowest BCUT2D eigenvalue weighted by Crippen LogP contribution is -2.20. The number of nitrogens with one attached hydrogen (secondary N) is 1. The number of carbonyl (C=O) groups excluding carboxylic acids is 1. The molecule has 1 amide bonds. The van der Waals surface area contributed by atoms with Crippen LogP contribution in [0.1, 0.15) is 12.5 Å². The minimum atomic E-state index is -0.478. The van der Waals surface area contributed by atoms with Crippen molar-refractivity contribution in [3.05, 3.63) is 80.8 Å². The number of aromatic nitrogens is 3. The Bertz CT molecular complexity index is 1160. The van der Waals surface area contributed by atoms with Gasteiger partial charge in [0.25, 0.3) is 11.6 Å². The third kappa shape index (κ3) is 6.34. The van der Waals surface area contributed by atoms with Crippen LogP contribution in [0, 0.1) is 10.1 Å². The van der Waals surface area contributed by atoms with E-state index in [-0.39, 0.29) is 17.3 Å². The standard InChI is InChI=1S/C21H19BrN6O3S/c1-14(2)12-27-20(16-5-7-17(22)8-6-16)25-26-21(27)32-13-19(29)24-23-11-15-3-9-18(10-4-15)28(30)31/h3-11H,1,12-13H2,2H3,(H,24,29). The van der Waals surface area contributed by atoms with Crippen LogP contribution in [-0.4, -0.2) is 37.6 Å². The zero-order chi connectivity index (χ0) is 23.1. The fourth-order valence-corrected chi connectivity index (χ4v) is 3.64. The van der Waals surface area contributed by atoms with Crippen molar-refractivity contribution in [2.45, 2.75) is 18.6 Å². The van der Waals surface area contributed by atoms with E-state index in [2.05, 4.69) is 43.2 Å². The number of rotatable bonds is 9. The molecule has 0 atom stereocenters. The zero-order valence-corrected chi connectivity index (χ0v) is 19.5. The van der Waals surface area contributed by atoms with E-state index < -0.39 is 4.92 Å². The highest BCUT2D eigenvalue weighted by atomic mass is 79.9. The van der Waals surface area contributed by atoms with Gasteiger partial charge in [-0.1, -0.05) is 52.0 Å². The summed E-state index contributed by atoms with van der Waals surface area (Å²) in [5.74, 6) is 0.467. The second-order valence-corrected chi connectivity index (χ2v) is 8.64. The average Bonchev–Trinajstić information content (AvgIpc) is 3.15. The number of benzene rings is 2. The highest BCUT2D eigenvalue weighted by Crippen LogP contribution is 2.26. The Kier molecular flexibility index (Phi) is 7.90. The summed E-state index contributed by atoms with van der Waals surface area (Å²) in [6.45, 7) is 6.42. The first kappa shape index (κ1) is 23.4. The lowest BCUT2D eigenvalue weighted by Gasteiger charge is -2.10. The third-order valence-electron chi connectivity index (χ3n) is 4.09. The average molecular weight is 515 g/mol. The van der Waals surface area contributed by atoms with Gasteiger partial charge in [0.15, 0.2) is 11.0 Å². The molecule has 32 heavy (non-hydrogen) atoms. The molecular formula is C21H19BrN6O3S. The van der Waals surface area contributed by atoms with Gasteiger partial charge in [0, 0.05) is 28.7 Å². The van der Waals surface area contributed by atoms with Gasteiger partial charge in [0.05, 0.1) is 16.9 Å². The monoisotopic (exact) mass is 514 g/mol. The molecular weight excluding hydrogens is 496 g/mol. The van der Waals surface area contributed by atoms with Crippen molar-refractivity contribution in [1.82, 2.24) is 20.2 Å². The van der Waals surface area contributed by atoms with Gasteiger partial charge >= 0.3 is 0 Å². The first-order valence-corrected chi connectivity index (χ1v) is 11.1. The summed E-state index contributed by atoms with van der Waals surface area (Å²) in [4.78, 5) is 22.4. The van der Waals surface area contributed by atoms with E-state index in [9.17, 15) is 14.9 Å². The molecule has 1 heterocycles. The number of halogens is 1. The van der Waals surface area contributed by atoms with Crippen LogP contribution >= 0.6 is 27.7 Å². The van der Waals surface area contributed by atoms with Gasteiger partial charge in [-0.2, -0.15) is 5.10 Å². The topological polar surface area (TPSA) is 115 Å². The number of hydrogen-bond acceptors (Lipinski definition) is 7. The van der Waals surface area contributed by atoms with Crippen LogP contribution in [0.4, 0.5) is 5.69 Å². The number of hydrogen-bond donors (Lipinski definition) is 1. The predicted octanol–water partition coefficient (Wildman–Crippen LogP) is 4.43. The van der Waals surface area contributed by atoms with Gasteiger partial charge in [-0.15, -0.1) is 10.2 Å². The molecule has 164 valence electrons. The van der Waals surface area contributed by atoms with Crippen molar-refractivity contribution >= 4 is 45.5 Å². The summed E-state index contributed by atoms with van der Waals surface area (Å²) in [5.41, 5.74) is 4.90. The molecule has 0 unspecified atom stereocenters. The molecule has 3 rings (SSSR count). The summed E-state index contributed by atoms with van der Waals surface area (Å²) in [6, 6.07) is 13.6. The van der Waals surface area contributed by atoms with E-state index in [1.54, 1.807) is 12.1 Å². The Morgan fingerprint density at radius 2 is 1.94 bits per heavy atom. The van der Waals surface area contributed by atoms with Crippen molar-refractivity contribution in [3.8, 4) is 11.4 Å². The summed E-state index contributed by atoms with van der Waals surface area (Å²) in [7, 11) is 0. The third-order valence-corrected chi connectivity index (χ3v) is 5.58. The molecule has 9 nitrogen and oxygen atoms in total. The van der Waals surface area contributed by atoms with E-state index >= 15 is 0 Å². The lowest BCUT2D eigenvalue weighted by atomic mass is 10.2. The van der Waals surface area contributed by atoms with E-state index in [0.717, 1.165) is 15.6 Å². The van der Waals surface area contributed by atoms with Crippen molar-refractivity contribution in [2.24, 2.45) is 5.10 Å². The SMILES string of the molecule is C=C(C)Cn1c(SCC(=O)NN=Cc2ccc([N+](=O)[O-])cc2)nnc1-c1ccc(Br)cc1. The largest absolute Gasteiger partial charge is 0.298 e. The number of nitrogens with zero attached hydrogens (tertiary/aromatic N) is 5. The van der Waals surface area contributed by atoms with Crippen LogP contribution in [-0.2, 0) is 11.3 Å². The van der Waals surface area contributed by atoms with E-state index in [1.165, 1.54) is 30.1 Å². The van der Waals surface area contributed by atoms with Crippen LogP contribution in [0.5, 0.6) is 0 Å². The minimum Gasteiger partial charge on any atom is -0.298 e. The second-order valence-electron chi connectivity index (χ2n) is 6.79. The van der Waals surface area contributed by atoms with Gasteiger partial charge in [-0.25, -0.2) is 5.43 Å². The maximum Gasteiger partial charge on any atom is 0.269 e. The minimum absolute atomic E-state index is 0.0102. The van der Waals surface area contributed by atoms with Crippen molar-refractivity contribution in [2.75, 3.05) is 5.75 Å². The molecule has 11 heteroatoms. The fourth-order valence-electron chi connectivity index (χ4n) is 2.64. The maximum absolute atomic E-state index is 12.2. The van der Waals surface area contributed by atoms with Crippen LogP contribution in [0.2, 0.25) is 0 Å². The summed E-state index contributed by atoms with van der Waals surface area (Å²) in [6.07, 6.45) is 1.42. The van der Waals surface area contributed by atoms with E-state index in [0.29, 0.717) is 23.1 Å². The Morgan fingerprint density at radius 3 is 2.56 bits per heavy atom. The number of nitro benzene ring substituents is 1. The second kappa shape index (κ2) is 10.8. The number of nitro groups is 1. The smallest absolute Gasteiger partial charge is 0.269 e. The van der Waals surface area contributed by atoms with Crippen LogP contribution in [0.25, 0.3) is 11.4 Å². The predicted molar refractivity (Wildman–Crippen MR) is 128 cm³/mol. The van der Waals surface area contributed by atoms with Crippen LogP contribution < -0.4 is 5.43 Å². The first-order valence-electron chi connectivity index (χ1n) is 9.36. The highest BCUT2D eigenvalue weighted by molar-refractivity contribution is 9.10. The molecule has 2 aromatic carbocycles. The molecule has 0 aliphatic rings. The van der Waals surface area contributed by atoms with Gasteiger partial charge in [-0.3, -0.25) is 19.5 Å². The van der Waals surface area contributed by atoms with Crippen molar-refractivity contribution in [1.29, 1.82) is 0 Å². The van der Waals surface area contributed by atoms with Gasteiger partial charge in [-0.05, 0) is 36.8 Å². The molecule has 0 aliphatic heterocycles. The number of carbonyl (C=O) groups is 1. The summed E-state index contributed by atoms with van der Waals surface area (Å²) >= 11 is 4.67. The fraction of sp³-hybridized carbons (Fsp3) is 0.143. The molecule has 1 aromatic heterocycles. The molecule has 0 saturated carbocycles. The number of allylic oxidation sites excluding steroid dienone is 1. The molecule has 0 fully saturated rings. The number of amides is 1. The lowest BCUT2D eigenvalue weighted by molar-refractivity contribution is -0.384. The molecule has 0 spiro atoms. The maximum atomic E-state index is 12.2. The molecule has 0 bridgehead atoms. The van der Waals surface area contributed by atoms with E-state index in [1.807, 2.05) is 35.8 Å². The number of non-ortho nitro benzene ring substituents is 1. The van der Waals surface area contributed by atoms with Crippen LogP contribution in [0.15, 0.2) is 75.4 Å². The first-order chi connectivity index (χ1) is 15.3. The van der Waals surface area contributed by atoms with Gasteiger partial charge in [0.2, 0.25) is 0 Å². The Hall–Kier alpha value is -3.31. The molecule has 0 saturated heterocycles. The van der Waals surface area contributed by atoms with Gasteiger partial charge in [0.1, 0.15) is 0 Å². The Labute approximate surface area is 196 Å². The Morgan fingerprint density at radius 1 is 1.25 bits per heavy atom. The van der Waals surface area contributed by atoms with Crippen molar-refractivity contribution < 1.29 is 9.72 Å². The molecule has 3 aromatic rings. The van der Waals surface area contributed by atoms with Crippen molar-refractivity contribution in [3.63, 3.8) is 0 Å². The Balaban J connectivity index is 1.62. The van der Waals surface area contributed by atoms with E-state index in [4.69, 9.17) is 0 Å². The van der Waals surface area contributed by atoms with Gasteiger partial charge < -0.3 is 0 Å². The quantitative estimate of drug-likeness (QED) is 0.148. The van der Waals surface area contributed by atoms with Crippen LogP contribution in [0.3, 0.4) is 0 Å². The summed E-state index contributed by atoms with van der Waals surface area (Å²) in [5, 5.41) is 23.7. The normalized spacial score (nSPS) is 10.9. The number of hydrazone groups is 1. The zero-order valence-electron chi connectivity index (χ0n) is 17.1. The summed E-state index contributed by atoms with van der Waals surface area (Å²) < 4.78 is 2.89.